The standard InChI is InChI=1S/C15H17NO2/c1-3-5-13(17)10-18-14-9-11(2)8-12-6-4-7-16-15(12)14/h4,6-9H,3,5,10H2,1-2H3. The molecule has 0 spiro atoms. The third kappa shape index (κ3) is 2.86. The SMILES string of the molecule is CCCC(=O)COc1cc(C)cc2cccnc12. The monoisotopic (exact) mass is 243 g/mol. The molecule has 94 valence electrons. The number of Topliss-reactive ketones (excluding diaryl/α,β-unsaturated/α-hetero) is 1. The van der Waals surface area contributed by atoms with Crippen molar-refractivity contribution in [3.63, 3.8) is 0 Å². The van der Waals surface area contributed by atoms with E-state index in [0.717, 1.165) is 22.9 Å². The highest BCUT2D eigenvalue weighted by Gasteiger charge is 2.07. The molecule has 0 aliphatic rings. The molecule has 0 fully saturated rings. The van der Waals surface area contributed by atoms with E-state index in [0.29, 0.717) is 12.2 Å². The van der Waals surface area contributed by atoms with Crippen LogP contribution in [0.25, 0.3) is 10.9 Å². The second-order valence-corrected chi connectivity index (χ2v) is 4.42. The van der Waals surface area contributed by atoms with Crippen molar-refractivity contribution < 1.29 is 9.53 Å². The molecule has 0 atom stereocenters. The molecular formula is C15H17NO2. The highest BCUT2D eigenvalue weighted by atomic mass is 16.5. The molecule has 1 heterocycles. The summed E-state index contributed by atoms with van der Waals surface area (Å²) in [6.07, 6.45) is 3.16. The van der Waals surface area contributed by atoms with Crippen molar-refractivity contribution in [2.45, 2.75) is 26.7 Å². The minimum atomic E-state index is 0.128. The van der Waals surface area contributed by atoms with E-state index in [1.807, 2.05) is 32.0 Å². The number of aromatic nitrogens is 1. The van der Waals surface area contributed by atoms with E-state index in [1.54, 1.807) is 6.20 Å². The van der Waals surface area contributed by atoms with E-state index in [-0.39, 0.29) is 12.4 Å². The highest BCUT2D eigenvalue weighted by Crippen LogP contribution is 2.25. The number of fused-ring (bicyclic) bond motifs is 1. The molecule has 0 N–H and O–H groups in total. The lowest BCUT2D eigenvalue weighted by atomic mass is 10.1. The van der Waals surface area contributed by atoms with E-state index >= 15 is 0 Å². The van der Waals surface area contributed by atoms with Crippen molar-refractivity contribution >= 4 is 16.7 Å². The molecule has 3 heteroatoms. The fourth-order valence-corrected chi connectivity index (χ4v) is 1.92. The Bertz CT molecular complexity index is 563. The first-order chi connectivity index (χ1) is 8.70. The highest BCUT2D eigenvalue weighted by molar-refractivity contribution is 5.86. The van der Waals surface area contributed by atoms with Crippen LogP contribution in [0.1, 0.15) is 25.3 Å². The largest absolute Gasteiger partial charge is 0.484 e. The van der Waals surface area contributed by atoms with Gasteiger partial charge in [0.15, 0.2) is 5.78 Å². The number of rotatable bonds is 5. The molecule has 3 nitrogen and oxygen atoms in total. The maximum Gasteiger partial charge on any atom is 0.170 e. The number of nitrogens with zero attached hydrogens (tertiary/aromatic N) is 1. The van der Waals surface area contributed by atoms with E-state index in [1.165, 1.54) is 0 Å². The molecule has 0 unspecified atom stereocenters. The number of hydrogen-bond acceptors (Lipinski definition) is 3. The van der Waals surface area contributed by atoms with Crippen LogP contribution in [-0.4, -0.2) is 17.4 Å². The molecule has 0 saturated heterocycles. The predicted molar refractivity (Wildman–Crippen MR) is 71.9 cm³/mol. The van der Waals surface area contributed by atoms with Crippen LogP contribution in [0, 0.1) is 6.92 Å². The van der Waals surface area contributed by atoms with Gasteiger partial charge in [-0.3, -0.25) is 9.78 Å². The van der Waals surface area contributed by atoms with Crippen LogP contribution in [0.2, 0.25) is 0 Å². The minimum absolute atomic E-state index is 0.128. The summed E-state index contributed by atoms with van der Waals surface area (Å²) >= 11 is 0. The summed E-state index contributed by atoms with van der Waals surface area (Å²) in [5, 5.41) is 1.04. The van der Waals surface area contributed by atoms with Gasteiger partial charge < -0.3 is 4.74 Å². The van der Waals surface area contributed by atoms with Gasteiger partial charge in [0.1, 0.15) is 17.9 Å². The first-order valence-electron chi connectivity index (χ1n) is 6.20. The van der Waals surface area contributed by atoms with Crippen LogP contribution in [0.3, 0.4) is 0 Å². The third-order valence-corrected chi connectivity index (χ3v) is 2.73. The lowest BCUT2D eigenvalue weighted by Crippen LogP contribution is -2.10. The van der Waals surface area contributed by atoms with Gasteiger partial charge in [-0.1, -0.05) is 13.0 Å². The molecule has 2 aromatic rings. The number of pyridine rings is 1. The fourth-order valence-electron chi connectivity index (χ4n) is 1.92. The first-order valence-corrected chi connectivity index (χ1v) is 6.20. The van der Waals surface area contributed by atoms with Gasteiger partial charge in [-0.15, -0.1) is 0 Å². The fraction of sp³-hybridized carbons (Fsp3) is 0.333. The van der Waals surface area contributed by atoms with Crippen molar-refractivity contribution in [2.24, 2.45) is 0 Å². The number of ketones is 1. The molecule has 0 aliphatic heterocycles. The van der Waals surface area contributed by atoms with Crippen LogP contribution < -0.4 is 4.74 Å². The normalized spacial score (nSPS) is 10.6. The van der Waals surface area contributed by atoms with Crippen molar-refractivity contribution in [2.75, 3.05) is 6.61 Å². The van der Waals surface area contributed by atoms with E-state index in [9.17, 15) is 4.79 Å². The van der Waals surface area contributed by atoms with Crippen LogP contribution in [-0.2, 0) is 4.79 Å². The molecule has 0 bridgehead atoms. The lowest BCUT2D eigenvalue weighted by molar-refractivity contribution is -0.121. The van der Waals surface area contributed by atoms with Crippen LogP contribution in [0.5, 0.6) is 5.75 Å². The number of carbonyl (C=O) groups is 1. The first kappa shape index (κ1) is 12.6. The lowest BCUT2D eigenvalue weighted by Gasteiger charge is -2.09. The van der Waals surface area contributed by atoms with Gasteiger partial charge in [-0.2, -0.15) is 0 Å². The van der Waals surface area contributed by atoms with E-state index in [4.69, 9.17) is 4.74 Å². The third-order valence-electron chi connectivity index (χ3n) is 2.73. The van der Waals surface area contributed by atoms with E-state index in [2.05, 4.69) is 11.1 Å². The maximum absolute atomic E-state index is 11.5. The van der Waals surface area contributed by atoms with Crippen LogP contribution in [0.4, 0.5) is 0 Å². The summed E-state index contributed by atoms with van der Waals surface area (Å²) in [6, 6.07) is 7.88. The minimum Gasteiger partial charge on any atom is -0.484 e. The summed E-state index contributed by atoms with van der Waals surface area (Å²) < 4.78 is 5.60. The molecule has 0 amide bonds. The van der Waals surface area contributed by atoms with Gasteiger partial charge in [-0.25, -0.2) is 0 Å². The van der Waals surface area contributed by atoms with Gasteiger partial charge in [0.2, 0.25) is 0 Å². The van der Waals surface area contributed by atoms with Crippen molar-refractivity contribution in [3.8, 4) is 5.75 Å². The number of hydrogen-bond donors (Lipinski definition) is 0. The van der Waals surface area contributed by atoms with Gasteiger partial charge >= 0.3 is 0 Å². The van der Waals surface area contributed by atoms with E-state index < -0.39 is 0 Å². The summed E-state index contributed by atoms with van der Waals surface area (Å²) in [7, 11) is 0. The Morgan fingerprint density at radius 1 is 1.39 bits per heavy atom. The Morgan fingerprint density at radius 3 is 3.00 bits per heavy atom. The molecule has 0 aliphatic carbocycles. The van der Waals surface area contributed by atoms with Crippen LogP contribution >= 0.6 is 0 Å². The Morgan fingerprint density at radius 2 is 2.22 bits per heavy atom. The van der Waals surface area contributed by atoms with Gasteiger partial charge in [0, 0.05) is 18.0 Å². The molecule has 18 heavy (non-hydrogen) atoms. The molecular weight excluding hydrogens is 226 g/mol. The van der Waals surface area contributed by atoms with Gasteiger partial charge in [0.05, 0.1) is 0 Å². The second kappa shape index (κ2) is 5.63. The topological polar surface area (TPSA) is 39.2 Å². The van der Waals surface area contributed by atoms with Gasteiger partial charge in [-0.05, 0) is 37.1 Å². The quantitative estimate of drug-likeness (QED) is 0.808. The van der Waals surface area contributed by atoms with Gasteiger partial charge in [0.25, 0.3) is 0 Å². The zero-order chi connectivity index (χ0) is 13.0. The molecule has 1 aromatic carbocycles. The number of benzene rings is 1. The number of carbonyl (C=O) groups excluding carboxylic acids is 1. The Kier molecular flexibility index (Phi) is 3.92. The Balaban J connectivity index is 2.24. The molecule has 0 saturated carbocycles. The Hall–Kier alpha value is -1.90. The molecule has 0 radical (unpaired) electrons. The average Bonchev–Trinajstić information content (AvgIpc) is 2.36. The Labute approximate surface area is 107 Å². The van der Waals surface area contributed by atoms with Crippen molar-refractivity contribution in [1.82, 2.24) is 4.98 Å². The predicted octanol–water partition coefficient (Wildman–Crippen LogP) is 3.29. The molecule has 2 rings (SSSR count). The summed E-state index contributed by atoms with van der Waals surface area (Å²) in [5.74, 6) is 0.818. The zero-order valence-electron chi connectivity index (χ0n) is 10.8. The van der Waals surface area contributed by atoms with Crippen molar-refractivity contribution in [3.05, 3.63) is 36.0 Å². The summed E-state index contributed by atoms with van der Waals surface area (Å²) in [5.41, 5.74) is 1.92. The van der Waals surface area contributed by atoms with Crippen LogP contribution in [0.15, 0.2) is 30.5 Å². The summed E-state index contributed by atoms with van der Waals surface area (Å²) in [6.45, 7) is 4.12. The van der Waals surface area contributed by atoms with Crippen molar-refractivity contribution in [1.29, 1.82) is 0 Å². The second-order valence-electron chi connectivity index (χ2n) is 4.42. The molecule has 1 aromatic heterocycles. The average molecular weight is 243 g/mol. The summed E-state index contributed by atoms with van der Waals surface area (Å²) in [4.78, 5) is 15.8. The number of aryl methyl sites for hydroxylation is 1. The maximum atomic E-state index is 11.5. The number of ether oxygens (including phenoxy) is 1. The zero-order valence-corrected chi connectivity index (χ0v) is 10.8. The smallest absolute Gasteiger partial charge is 0.170 e.